The van der Waals surface area contributed by atoms with Crippen LogP contribution in [-0.2, 0) is 0 Å². The molecule has 3 rings (SSSR count). The fourth-order valence-electron chi connectivity index (χ4n) is 2.87. The van der Waals surface area contributed by atoms with Crippen LogP contribution < -0.4 is 20.7 Å². The standard InChI is InChI=1S/C19H22N4O2S/c1-23(2)16(12-4-7-14(25-3)8-5-12)11-21-18(24)13-6-9-15-17(10-13)26-19(20)22-15/h4-10,16H,11H2,1-3H3,(H2,20,22)(H,21,24)/p+1/t16-/m1/s1. The van der Waals surface area contributed by atoms with Crippen LogP contribution >= 0.6 is 11.3 Å². The van der Waals surface area contributed by atoms with E-state index in [4.69, 9.17) is 10.5 Å². The van der Waals surface area contributed by atoms with Crippen LogP contribution in [0.2, 0.25) is 0 Å². The number of ether oxygens (including phenoxy) is 1. The third kappa shape index (κ3) is 3.95. The van der Waals surface area contributed by atoms with E-state index in [2.05, 4.69) is 24.4 Å². The van der Waals surface area contributed by atoms with Crippen LogP contribution in [0.15, 0.2) is 42.5 Å². The Balaban J connectivity index is 1.71. The van der Waals surface area contributed by atoms with Gasteiger partial charge in [0.25, 0.3) is 5.91 Å². The third-order valence-electron chi connectivity index (χ3n) is 4.35. The smallest absolute Gasteiger partial charge is 0.251 e. The van der Waals surface area contributed by atoms with Gasteiger partial charge in [-0.2, -0.15) is 0 Å². The van der Waals surface area contributed by atoms with E-state index in [9.17, 15) is 4.79 Å². The van der Waals surface area contributed by atoms with Crippen molar-refractivity contribution in [3.63, 3.8) is 0 Å². The Kier molecular flexibility index (Phi) is 5.39. The first-order valence-corrected chi connectivity index (χ1v) is 9.18. The van der Waals surface area contributed by atoms with Crippen molar-refractivity contribution in [1.82, 2.24) is 10.3 Å². The normalized spacial score (nSPS) is 12.3. The van der Waals surface area contributed by atoms with Gasteiger partial charge < -0.3 is 20.7 Å². The van der Waals surface area contributed by atoms with Crippen LogP contribution in [0.4, 0.5) is 5.13 Å². The Labute approximate surface area is 156 Å². The fourth-order valence-corrected chi connectivity index (χ4v) is 3.65. The minimum Gasteiger partial charge on any atom is -0.497 e. The summed E-state index contributed by atoms with van der Waals surface area (Å²) in [6, 6.07) is 13.5. The zero-order chi connectivity index (χ0) is 18.7. The van der Waals surface area contributed by atoms with Crippen LogP contribution in [0.5, 0.6) is 5.75 Å². The molecule has 0 bridgehead atoms. The van der Waals surface area contributed by atoms with E-state index in [-0.39, 0.29) is 11.9 Å². The molecule has 4 N–H and O–H groups in total. The number of hydrogen-bond donors (Lipinski definition) is 3. The second-order valence-corrected chi connectivity index (χ2v) is 7.41. The molecule has 1 aromatic heterocycles. The number of quaternary nitrogens is 1. The number of carbonyl (C=O) groups is 1. The number of fused-ring (bicyclic) bond motifs is 1. The number of methoxy groups -OCH3 is 1. The number of nitrogens with zero attached hydrogens (tertiary/aromatic N) is 1. The third-order valence-corrected chi connectivity index (χ3v) is 5.20. The number of hydrogen-bond acceptors (Lipinski definition) is 5. The Hall–Kier alpha value is -2.64. The summed E-state index contributed by atoms with van der Waals surface area (Å²) in [5.41, 5.74) is 8.31. The highest BCUT2D eigenvalue weighted by Crippen LogP contribution is 2.24. The Morgan fingerprint density at radius 1 is 1.27 bits per heavy atom. The summed E-state index contributed by atoms with van der Waals surface area (Å²) in [5, 5.41) is 3.55. The number of amides is 1. The van der Waals surface area contributed by atoms with E-state index in [0.29, 0.717) is 17.2 Å². The first-order valence-electron chi connectivity index (χ1n) is 8.36. The Bertz CT molecular complexity index is 906. The monoisotopic (exact) mass is 371 g/mol. The zero-order valence-corrected chi connectivity index (χ0v) is 15.9. The van der Waals surface area contributed by atoms with Crippen molar-refractivity contribution in [3.05, 3.63) is 53.6 Å². The summed E-state index contributed by atoms with van der Waals surface area (Å²) in [6.07, 6.45) is 0. The summed E-state index contributed by atoms with van der Waals surface area (Å²) < 4.78 is 6.13. The van der Waals surface area contributed by atoms with Gasteiger partial charge in [-0.1, -0.05) is 11.3 Å². The number of aromatic nitrogens is 1. The second kappa shape index (κ2) is 7.72. The molecular weight excluding hydrogens is 348 g/mol. The number of nitrogens with two attached hydrogens (primary N) is 1. The Morgan fingerprint density at radius 2 is 2.00 bits per heavy atom. The molecule has 1 heterocycles. The molecule has 136 valence electrons. The highest BCUT2D eigenvalue weighted by atomic mass is 32.1. The van der Waals surface area contributed by atoms with Gasteiger partial charge >= 0.3 is 0 Å². The summed E-state index contributed by atoms with van der Waals surface area (Å²) in [4.78, 5) is 18.0. The van der Waals surface area contributed by atoms with Gasteiger partial charge in [0.15, 0.2) is 5.13 Å². The second-order valence-electron chi connectivity index (χ2n) is 6.35. The van der Waals surface area contributed by atoms with Crippen molar-refractivity contribution in [3.8, 4) is 5.75 Å². The number of thiazole rings is 1. The van der Waals surface area contributed by atoms with Gasteiger partial charge in [0.05, 0.1) is 38.0 Å². The highest BCUT2D eigenvalue weighted by Gasteiger charge is 2.19. The molecule has 0 radical (unpaired) electrons. The minimum atomic E-state index is -0.0985. The molecule has 6 nitrogen and oxygen atoms in total. The summed E-state index contributed by atoms with van der Waals surface area (Å²) in [6.45, 7) is 0.538. The number of nitrogens with one attached hydrogen (secondary N) is 2. The molecule has 0 aliphatic carbocycles. The molecule has 26 heavy (non-hydrogen) atoms. The van der Waals surface area contributed by atoms with E-state index in [0.717, 1.165) is 21.5 Å². The molecule has 0 fully saturated rings. The van der Waals surface area contributed by atoms with Crippen molar-refractivity contribution in [2.45, 2.75) is 6.04 Å². The summed E-state index contributed by atoms with van der Waals surface area (Å²) >= 11 is 1.38. The van der Waals surface area contributed by atoms with E-state index >= 15 is 0 Å². The van der Waals surface area contributed by atoms with E-state index in [1.165, 1.54) is 16.2 Å². The fraction of sp³-hybridized carbons (Fsp3) is 0.263. The Morgan fingerprint density at radius 3 is 2.65 bits per heavy atom. The molecular formula is C19H23N4O2S+. The van der Waals surface area contributed by atoms with Crippen LogP contribution in [0.1, 0.15) is 22.0 Å². The van der Waals surface area contributed by atoms with Crippen LogP contribution in [0.3, 0.4) is 0 Å². The molecule has 0 saturated heterocycles. The average molecular weight is 371 g/mol. The van der Waals surface area contributed by atoms with Gasteiger partial charge in [-0.3, -0.25) is 4.79 Å². The molecule has 1 atom stereocenters. The number of carbonyl (C=O) groups excluding carboxylic acids is 1. The van der Waals surface area contributed by atoms with Crippen molar-refractivity contribution in [2.24, 2.45) is 0 Å². The van der Waals surface area contributed by atoms with Crippen LogP contribution in [0, 0.1) is 0 Å². The lowest BCUT2D eigenvalue weighted by Crippen LogP contribution is -3.07. The molecule has 0 saturated carbocycles. The number of anilines is 1. The minimum absolute atomic E-state index is 0.0985. The molecule has 3 aromatic rings. The van der Waals surface area contributed by atoms with Crippen molar-refractivity contribution >= 4 is 32.6 Å². The quantitative estimate of drug-likeness (QED) is 0.613. The lowest BCUT2D eigenvalue weighted by atomic mass is 10.1. The number of nitrogen functional groups attached to an aromatic ring is 1. The predicted octanol–water partition coefficient (Wildman–Crippen LogP) is 1.50. The van der Waals surface area contributed by atoms with Crippen molar-refractivity contribution in [2.75, 3.05) is 33.5 Å². The SMILES string of the molecule is COc1ccc([C@@H](CNC(=O)c2ccc3nc(N)sc3c2)[NH+](C)C)cc1. The lowest BCUT2D eigenvalue weighted by molar-refractivity contribution is -0.890. The zero-order valence-electron chi connectivity index (χ0n) is 15.1. The lowest BCUT2D eigenvalue weighted by Gasteiger charge is -2.22. The molecule has 2 aromatic carbocycles. The number of benzene rings is 2. The van der Waals surface area contributed by atoms with Gasteiger partial charge in [-0.05, 0) is 42.5 Å². The van der Waals surface area contributed by atoms with Gasteiger partial charge in [0.2, 0.25) is 0 Å². The topological polar surface area (TPSA) is 81.7 Å². The maximum absolute atomic E-state index is 12.6. The number of likely N-dealkylation sites (N-methyl/N-ethyl adjacent to an activating group) is 1. The largest absolute Gasteiger partial charge is 0.497 e. The molecule has 0 aliphatic heterocycles. The highest BCUT2D eigenvalue weighted by molar-refractivity contribution is 7.22. The van der Waals surface area contributed by atoms with Gasteiger partial charge in [-0.15, -0.1) is 0 Å². The summed E-state index contributed by atoms with van der Waals surface area (Å²) in [5.74, 6) is 0.723. The predicted molar refractivity (Wildman–Crippen MR) is 105 cm³/mol. The first kappa shape index (κ1) is 18.2. The maximum atomic E-state index is 12.6. The molecule has 0 aliphatic rings. The van der Waals surface area contributed by atoms with Gasteiger partial charge in [0, 0.05) is 11.1 Å². The van der Waals surface area contributed by atoms with Crippen LogP contribution in [-0.4, -0.2) is 38.6 Å². The van der Waals surface area contributed by atoms with Crippen molar-refractivity contribution < 1.29 is 14.4 Å². The van der Waals surface area contributed by atoms with Gasteiger partial charge in [-0.25, -0.2) is 4.98 Å². The van der Waals surface area contributed by atoms with E-state index in [1.54, 1.807) is 13.2 Å². The molecule has 1 amide bonds. The average Bonchev–Trinajstić information content (AvgIpc) is 3.01. The van der Waals surface area contributed by atoms with E-state index < -0.39 is 0 Å². The molecule has 7 heteroatoms. The number of rotatable bonds is 6. The van der Waals surface area contributed by atoms with E-state index in [1.807, 2.05) is 36.4 Å². The van der Waals surface area contributed by atoms with Crippen molar-refractivity contribution in [1.29, 1.82) is 0 Å². The van der Waals surface area contributed by atoms with Crippen LogP contribution in [0.25, 0.3) is 10.2 Å². The maximum Gasteiger partial charge on any atom is 0.251 e. The molecule has 0 spiro atoms. The van der Waals surface area contributed by atoms with Gasteiger partial charge in [0.1, 0.15) is 11.8 Å². The molecule has 0 unspecified atom stereocenters. The first-order chi connectivity index (χ1) is 12.5. The summed E-state index contributed by atoms with van der Waals surface area (Å²) in [7, 11) is 5.80.